The molecule has 0 aromatic heterocycles. The van der Waals surface area contributed by atoms with Gasteiger partial charge in [-0.25, -0.2) is 0 Å². The molecule has 98 valence electrons. The van der Waals surface area contributed by atoms with Gasteiger partial charge in [0.25, 0.3) is 0 Å². The average molecular weight is 351 g/mol. The molecule has 0 spiro atoms. The van der Waals surface area contributed by atoms with Crippen molar-refractivity contribution in [2.75, 3.05) is 26.2 Å². The number of allylic oxidation sites excluding steroid dienone is 1. The van der Waals surface area contributed by atoms with Crippen molar-refractivity contribution in [3.05, 3.63) is 17.6 Å². The van der Waals surface area contributed by atoms with Crippen molar-refractivity contribution in [2.24, 2.45) is 11.1 Å². The molecule has 2 atom stereocenters. The second kappa shape index (κ2) is 7.43. The topological polar surface area (TPSA) is 44.7 Å². The Hall–Kier alpha value is -0.0100. The van der Waals surface area contributed by atoms with Gasteiger partial charge in [-0.05, 0) is 41.4 Å². The largest absolute Gasteiger partial charge is 0.288 e. The van der Waals surface area contributed by atoms with Crippen LogP contribution in [0.3, 0.4) is 0 Å². The Morgan fingerprint density at radius 3 is 3.06 bits per heavy atom. The Balaban J connectivity index is 2.52. The van der Waals surface area contributed by atoms with Gasteiger partial charge in [-0.1, -0.05) is 24.6 Å². The van der Waals surface area contributed by atoms with E-state index in [4.69, 9.17) is 0 Å². The van der Waals surface area contributed by atoms with Crippen molar-refractivity contribution in [1.82, 2.24) is 10.2 Å². The molecule has 0 bridgehead atoms. The summed E-state index contributed by atoms with van der Waals surface area (Å²) in [6.45, 7) is 9.29. The fourth-order valence-corrected chi connectivity index (χ4v) is 3.09. The molecule has 1 saturated heterocycles. The highest BCUT2D eigenvalue weighted by atomic mass is 127. The summed E-state index contributed by atoms with van der Waals surface area (Å²) in [6.07, 6.45) is 5.40. The second-order valence-corrected chi connectivity index (χ2v) is 6.34. The van der Waals surface area contributed by atoms with Gasteiger partial charge in [0.1, 0.15) is 10.2 Å². The minimum absolute atomic E-state index is 0.263. The van der Waals surface area contributed by atoms with E-state index in [1.807, 2.05) is 6.08 Å². The highest BCUT2D eigenvalue weighted by Crippen LogP contribution is 2.28. The third-order valence-electron chi connectivity index (χ3n) is 3.39. The summed E-state index contributed by atoms with van der Waals surface area (Å²) in [4.78, 5) is 12.9. The van der Waals surface area contributed by atoms with E-state index in [0.29, 0.717) is 12.5 Å². The Bertz CT molecular complexity index is 262. The summed E-state index contributed by atoms with van der Waals surface area (Å²) in [6, 6.07) is 0. The van der Waals surface area contributed by atoms with Gasteiger partial charge in [-0.3, -0.25) is 10.2 Å². The highest BCUT2D eigenvalue weighted by Gasteiger charge is 2.39. The van der Waals surface area contributed by atoms with Crippen LogP contribution >= 0.6 is 22.6 Å². The van der Waals surface area contributed by atoms with E-state index in [0.717, 1.165) is 26.1 Å². The van der Waals surface area contributed by atoms with E-state index in [1.165, 1.54) is 12.8 Å². The number of nitrogens with zero attached hydrogens (tertiary/aromatic N) is 2. The summed E-state index contributed by atoms with van der Waals surface area (Å²) >= 11 is 2.32. The summed E-state index contributed by atoms with van der Waals surface area (Å²) in [5, 5.41) is 6.43. The molecule has 0 radical (unpaired) electrons. The van der Waals surface area contributed by atoms with Crippen LogP contribution in [0, 0.1) is 10.8 Å². The first kappa shape index (κ1) is 15.0. The molecular formula is C12H22IN3O. The van der Waals surface area contributed by atoms with Crippen LogP contribution in [0.2, 0.25) is 0 Å². The van der Waals surface area contributed by atoms with Crippen LogP contribution in [0.1, 0.15) is 26.2 Å². The lowest BCUT2D eigenvalue weighted by molar-refractivity contribution is 0.189. The SMILES string of the molecule is C=CCCC(CC)CN1CCN[C@]1(I)CN=O. The van der Waals surface area contributed by atoms with Gasteiger partial charge in [0.15, 0.2) is 0 Å². The Morgan fingerprint density at radius 2 is 2.47 bits per heavy atom. The molecule has 0 amide bonds. The van der Waals surface area contributed by atoms with Crippen molar-refractivity contribution in [1.29, 1.82) is 0 Å². The number of nitroso groups, excluding NO2 is 1. The molecule has 1 N–H and O–H groups in total. The van der Waals surface area contributed by atoms with Crippen LogP contribution in [-0.2, 0) is 0 Å². The predicted octanol–water partition coefficient (Wildman–Crippen LogP) is 2.74. The highest BCUT2D eigenvalue weighted by molar-refractivity contribution is 14.1. The normalized spacial score (nSPS) is 26.9. The molecular weight excluding hydrogens is 329 g/mol. The summed E-state index contributed by atoms with van der Waals surface area (Å²) in [5.74, 6) is 0.675. The van der Waals surface area contributed by atoms with Crippen LogP contribution in [0.25, 0.3) is 0 Å². The van der Waals surface area contributed by atoms with Crippen molar-refractivity contribution in [2.45, 2.75) is 29.9 Å². The zero-order valence-corrected chi connectivity index (χ0v) is 12.6. The predicted molar refractivity (Wildman–Crippen MR) is 80.2 cm³/mol. The lowest BCUT2D eigenvalue weighted by Crippen LogP contribution is -2.49. The van der Waals surface area contributed by atoms with Crippen LogP contribution in [0.4, 0.5) is 0 Å². The number of alkyl halides is 1. The fourth-order valence-electron chi connectivity index (χ4n) is 2.24. The van der Waals surface area contributed by atoms with E-state index in [-0.39, 0.29) is 3.67 Å². The number of halogens is 1. The van der Waals surface area contributed by atoms with Crippen molar-refractivity contribution in [3.63, 3.8) is 0 Å². The quantitative estimate of drug-likeness (QED) is 0.240. The molecule has 17 heavy (non-hydrogen) atoms. The van der Waals surface area contributed by atoms with Gasteiger partial charge in [-0.2, -0.15) is 4.91 Å². The Kier molecular flexibility index (Phi) is 6.58. The molecule has 0 saturated carbocycles. The monoisotopic (exact) mass is 351 g/mol. The molecule has 5 heteroatoms. The van der Waals surface area contributed by atoms with E-state index in [2.05, 4.69) is 51.5 Å². The maximum absolute atomic E-state index is 10.5. The van der Waals surface area contributed by atoms with Gasteiger partial charge in [0, 0.05) is 19.6 Å². The minimum Gasteiger partial charge on any atom is -0.288 e. The molecule has 1 aliphatic rings. The second-order valence-electron chi connectivity index (χ2n) is 4.56. The summed E-state index contributed by atoms with van der Waals surface area (Å²) < 4.78 is -0.263. The molecule has 1 unspecified atom stereocenters. The zero-order chi connectivity index (χ0) is 12.7. The maximum Gasteiger partial charge on any atom is 0.148 e. The van der Waals surface area contributed by atoms with Crippen LogP contribution in [0.15, 0.2) is 17.8 Å². The van der Waals surface area contributed by atoms with Crippen molar-refractivity contribution < 1.29 is 0 Å². The smallest absolute Gasteiger partial charge is 0.148 e. The molecule has 1 aliphatic heterocycles. The molecule has 4 nitrogen and oxygen atoms in total. The molecule has 1 fully saturated rings. The Morgan fingerprint density at radius 1 is 1.71 bits per heavy atom. The number of rotatable bonds is 8. The average Bonchev–Trinajstić information content (AvgIpc) is 2.66. The Labute approximate surface area is 117 Å². The molecule has 1 rings (SSSR count). The van der Waals surface area contributed by atoms with Crippen LogP contribution in [0.5, 0.6) is 0 Å². The van der Waals surface area contributed by atoms with Gasteiger partial charge in [-0.15, -0.1) is 6.58 Å². The number of hydrogen-bond donors (Lipinski definition) is 1. The zero-order valence-electron chi connectivity index (χ0n) is 10.5. The lowest BCUT2D eigenvalue weighted by Gasteiger charge is -2.33. The molecule has 0 aromatic rings. The minimum atomic E-state index is -0.263. The third kappa shape index (κ3) is 4.30. The summed E-state index contributed by atoms with van der Waals surface area (Å²) in [5.41, 5.74) is 0. The molecule has 1 heterocycles. The standard InChI is InChI=1S/C12H22IN3O/c1-3-5-6-11(4-2)9-16-8-7-14-12(16,13)10-15-17/h3,11,14H,1,4-10H2,2H3/t11?,12-/m1/s1. The first-order chi connectivity index (χ1) is 8.16. The van der Waals surface area contributed by atoms with Crippen molar-refractivity contribution >= 4 is 22.6 Å². The van der Waals surface area contributed by atoms with Gasteiger partial charge < -0.3 is 0 Å². The van der Waals surface area contributed by atoms with E-state index < -0.39 is 0 Å². The molecule has 0 aliphatic carbocycles. The summed E-state index contributed by atoms with van der Waals surface area (Å²) in [7, 11) is 0. The van der Waals surface area contributed by atoms with Gasteiger partial charge >= 0.3 is 0 Å². The lowest BCUT2D eigenvalue weighted by atomic mass is 9.99. The number of nitrogens with one attached hydrogen (secondary N) is 1. The van der Waals surface area contributed by atoms with E-state index >= 15 is 0 Å². The first-order valence-corrected chi connectivity index (χ1v) is 7.33. The van der Waals surface area contributed by atoms with Gasteiger partial charge in [0.05, 0.1) is 0 Å². The van der Waals surface area contributed by atoms with E-state index in [9.17, 15) is 4.91 Å². The maximum atomic E-state index is 10.5. The van der Waals surface area contributed by atoms with E-state index in [1.54, 1.807) is 0 Å². The fraction of sp³-hybridized carbons (Fsp3) is 0.833. The van der Waals surface area contributed by atoms with Gasteiger partial charge in [0.2, 0.25) is 0 Å². The van der Waals surface area contributed by atoms with Crippen LogP contribution in [-0.4, -0.2) is 34.7 Å². The third-order valence-corrected chi connectivity index (χ3v) is 4.79. The number of hydrogen-bond acceptors (Lipinski definition) is 4. The first-order valence-electron chi connectivity index (χ1n) is 6.25. The van der Waals surface area contributed by atoms with Crippen LogP contribution < -0.4 is 5.32 Å². The molecule has 0 aromatic carbocycles. The van der Waals surface area contributed by atoms with Crippen molar-refractivity contribution in [3.8, 4) is 0 Å².